The molecule has 1 aromatic carbocycles. The molecule has 0 unspecified atom stereocenters. The highest BCUT2D eigenvalue weighted by Gasteiger charge is 2.44. The first-order valence-electron chi connectivity index (χ1n) is 6.74. The summed E-state index contributed by atoms with van der Waals surface area (Å²) in [6.07, 6.45) is 2.93. The van der Waals surface area contributed by atoms with E-state index in [1.165, 1.54) is 0 Å². The van der Waals surface area contributed by atoms with Crippen LogP contribution >= 0.6 is 7.14 Å². The van der Waals surface area contributed by atoms with Gasteiger partial charge in [-0.2, -0.15) is 0 Å². The van der Waals surface area contributed by atoms with E-state index in [9.17, 15) is 9.67 Å². The molecule has 1 heterocycles. The Labute approximate surface area is 109 Å². The molecule has 0 saturated carbocycles. The van der Waals surface area contributed by atoms with Gasteiger partial charge in [0, 0.05) is 11.5 Å². The van der Waals surface area contributed by atoms with Gasteiger partial charge in [-0.15, -0.1) is 0 Å². The highest BCUT2D eigenvalue weighted by molar-refractivity contribution is 7.72. The molecule has 4 heteroatoms. The minimum absolute atomic E-state index is 0.258. The number of aliphatic hydroxyl groups is 1. The third kappa shape index (κ3) is 2.69. The zero-order valence-corrected chi connectivity index (χ0v) is 11.8. The summed E-state index contributed by atoms with van der Waals surface area (Å²) < 4.78 is 13.1. The summed E-state index contributed by atoms with van der Waals surface area (Å²) in [7, 11) is -2.49. The van der Waals surface area contributed by atoms with E-state index in [0.717, 1.165) is 24.7 Å². The van der Waals surface area contributed by atoms with Crippen LogP contribution in [0.15, 0.2) is 30.3 Å². The first-order valence-corrected chi connectivity index (χ1v) is 8.70. The van der Waals surface area contributed by atoms with Crippen molar-refractivity contribution in [1.82, 2.24) is 5.32 Å². The maximum Gasteiger partial charge on any atom is 0.134 e. The number of unbranched alkanes of at least 4 members (excludes halogenated alkanes) is 1. The molecule has 2 rings (SSSR count). The minimum atomic E-state index is -2.49. The molecule has 18 heavy (non-hydrogen) atoms. The summed E-state index contributed by atoms with van der Waals surface area (Å²) in [5.74, 6) is -0.258. The second-order valence-electron chi connectivity index (χ2n) is 4.96. The second kappa shape index (κ2) is 6.01. The summed E-state index contributed by atoms with van der Waals surface area (Å²) in [4.78, 5) is 0. The van der Waals surface area contributed by atoms with Gasteiger partial charge in [0.1, 0.15) is 7.14 Å². The van der Waals surface area contributed by atoms with E-state index < -0.39 is 13.2 Å². The number of aliphatic hydroxyl groups excluding tert-OH is 1. The predicted molar refractivity (Wildman–Crippen MR) is 75.9 cm³/mol. The summed E-state index contributed by atoms with van der Waals surface area (Å²) in [6, 6.07) is 9.62. The monoisotopic (exact) mass is 267 g/mol. The van der Waals surface area contributed by atoms with Crippen molar-refractivity contribution < 1.29 is 9.67 Å². The Morgan fingerprint density at radius 3 is 2.78 bits per heavy atom. The van der Waals surface area contributed by atoms with Crippen molar-refractivity contribution in [1.29, 1.82) is 0 Å². The maximum absolute atomic E-state index is 13.1. The van der Waals surface area contributed by atoms with Crippen LogP contribution in [-0.2, 0) is 4.57 Å². The van der Waals surface area contributed by atoms with Crippen LogP contribution in [0.25, 0.3) is 0 Å². The second-order valence-corrected chi connectivity index (χ2v) is 8.07. The SMILES string of the molecule is CCCCN[C@@H]1[C@@H](O)CC[P@@]1(=O)c1ccccc1. The van der Waals surface area contributed by atoms with Crippen molar-refractivity contribution in [3.63, 3.8) is 0 Å². The minimum Gasteiger partial charge on any atom is -0.391 e. The van der Waals surface area contributed by atoms with Gasteiger partial charge in [-0.3, -0.25) is 0 Å². The van der Waals surface area contributed by atoms with Crippen LogP contribution in [-0.4, -0.2) is 29.7 Å². The van der Waals surface area contributed by atoms with Gasteiger partial charge < -0.3 is 15.0 Å². The Kier molecular flexibility index (Phi) is 4.60. The summed E-state index contributed by atoms with van der Waals surface area (Å²) in [5.41, 5.74) is 0. The molecule has 0 radical (unpaired) electrons. The normalized spacial score (nSPS) is 31.7. The van der Waals surface area contributed by atoms with Gasteiger partial charge in [0.2, 0.25) is 0 Å². The van der Waals surface area contributed by atoms with E-state index in [1.807, 2.05) is 30.3 Å². The Morgan fingerprint density at radius 1 is 1.39 bits per heavy atom. The molecule has 0 spiro atoms. The lowest BCUT2D eigenvalue weighted by molar-refractivity contribution is 0.163. The molecule has 100 valence electrons. The molecule has 0 aliphatic carbocycles. The van der Waals surface area contributed by atoms with Crippen molar-refractivity contribution in [2.45, 2.75) is 38.1 Å². The molecule has 2 N–H and O–H groups in total. The van der Waals surface area contributed by atoms with E-state index in [1.54, 1.807) is 0 Å². The molecule has 0 amide bonds. The maximum atomic E-state index is 13.1. The zero-order chi connectivity index (χ0) is 13.0. The molecular formula is C14H22NO2P. The van der Waals surface area contributed by atoms with Gasteiger partial charge in [-0.1, -0.05) is 43.7 Å². The number of hydrogen-bond donors (Lipinski definition) is 2. The summed E-state index contributed by atoms with van der Waals surface area (Å²) >= 11 is 0. The lowest BCUT2D eigenvalue weighted by Crippen LogP contribution is -2.38. The van der Waals surface area contributed by atoms with Crippen LogP contribution < -0.4 is 10.6 Å². The predicted octanol–water partition coefficient (Wildman–Crippen LogP) is 2.16. The molecule has 1 aliphatic rings. The van der Waals surface area contributed by atoms with Gasteiger partial charge in [0.15, 0.2) is 0 Å². The molecule has 1 fully saturated rings. The third-order valence-electron chi connectivity index (χ3n) is 3.65. The lowest BCUT2D eigenvalue weighted by atomic mass is 10.2. The molecule has 3 nitrogen and oxygen atoms in total. The van der Waals surface area contributed by atoms with Crippen molar-refractivity contribution in [2.24, 2.45) is 0 Å². The number of benzene rings is 1. The van der Waals surface area contributed by atoms with Crippen LogP contribution in [0.2, 0.25) is 0 Å². The van der Waals surface area contributed by atoms with Crippen molar-refractivity contribution >= 4 is 12.4 Å². The largest absolute Gasteiger partial charge is 0.391 e. The van der Waals surface area contributed by atoms with Gasteiger partial charge in [0.25, 0.3) is 0 Å². The number of nitrogens with one attached hydrogen (secondary N) is 1. The van der Waals surface area contributed by atoms with Gasteiger partial charge in [0.05, 0.1) is 11.9 Å². The van der Waals surface area contributed by atoms with Crippen molar-refractivity contribution in [3.05, 3.63) is 30.3 Å². The zero-order valence-electron chi connectivity index (χ0n) is 10.9. The quantitative estimate of drug-likeness (QED) is 0.635. The first kappa shape index (κ1) is 13.8. The van der Waals surface area contributed by atoms with E-state index >= 15 is 0 Å². The van der Waals surface area contributed by atoms with Crippen LogP contribution in [0, 0.1) is 0 Å². The molecule has 1 aliphatic heterocycles. The number of rotatable bonds is 5. The highest BCUT2D eigenvalue weighted by Crippen LogP contribution is 2.55. The van der Waals surface area contributed by atoms with Crippen molar-refractivity contribution in [2.75, 3.05) is 12.7 Å². The van der Waals surface area contributed by atoms with Crippen LogP contribution in [0.1, 0.15) is 26.2 Å². The standard InChI is InChI=1S/C14H22NO2P/c1-2-3-10-15-14-13(16)9-11-18(14,17)12-7-5-4-6-8-12/h4-8,13-16H,2-3,9-11H2,1H3/t13-,14-,18+/m0/s1. The molecule has 1 saturated heterocycles. The molecule has 0 bridgehead atoms. The van der Waals surface area contributed by atoms with Gasteiger partial charge in [-0.05, 0) is 19.4 Å². The number of hydrogen-bond acceptors (Lipinski definition) is 3. The average Bonchev–Trinajstić information content (AvgIpc) is 2.69. The van der Waals surface area contributed by atoms with Crippen LogP contribution in [0.5, 0.6) is 0 Å². The van der Waals surface area contributed by atoms with E-state index in [0.29, 0.717) is 12.6 Å². The molecule has 1 aromatic rings. The van der Waals surface area contributed by atoms with Crippen molar-refractivity contribution in [3.8, 4) is 0 Å². The highest BCUT2D eigenvalue weighted by atomic mass is 31.2. The van der Waals surface area contributed by atoms with E-state index in [4.69, 9.17) is 0 Å². The van der Waals surface area contributed by atoms with Gasteiger partial charge in [-0.25, -0.2) is 0 Å². The first-order chi connectivity index (χ1) is 8.68. The smallest absolute Gasteiger partial charge is 0.134 e. The Hall–Kier alpha value is -0.630. The fraction of sp³-hybridized carbons (Fsp3) is 0.571. The Morgan fingerprint density at radius 2 is 2.11 bits per heavy atom. The Bertz CT molecular complexity index is 421. The Balaban J connectivity index is 2.17. The van der Waals surface area contributed by atoms with E-state index in [2.05, 4.69) is 12.2 Å². The van der Waals surface area contributed by atoms with Crippen LogP contribution in [0.4, 0.5) is 0 Å². The fourth-order valence-electron chi connectivity index (χ4n) is 2.58. The molecule has 3 atom stereocenters. The molecule has 0 aromatic heterocycles. The molecular weight excluding hydrogens is 245 g/mol. The van der Waals surface area contributed by atoms with Crippen LogP contribution in [0.3, 0.4) is 0 Å². The average molecular weight is 267 g/mol. The van der Waals surface area contributed by atoms with E-state index in [-0.39, 0.29) is 5.78 Å². The third-order valence-corrected chi connectivity index (χ3v) is 7.17. The summed E-state index contributed by atoms with van der Waals surface area (Å²) in [5, 5.41) is 14.3. The summed E-state index contributed by atoms with van der Waals surface area (Å²) in [6.45, 7) is 2.96. The van der Waals surface area contributed by atoms with Gasteiger partial charge >= 0.3 is 0 Å². The fourth-order valence-corrected chi connectivity index (χ4v) is 5.89. The lowest BCUT2D eigenvalue weighted by Gasteiger charge is -2.24. The topological polar surface area (TPSA) is 49.3 Å².